The van der Waals surface area contributed by atoms with E-state index in [1.54, 1.807) is 31.4 Å². The molecule has 0 radical (unpaired) electrons. The lowest BCUT2D eigenvalue weighted by molar-refractivity contribution is -0.113. The monoisotopic (exact) mass is 475 g/mol. The van der Waals surface area contributed by atoms with E-state index < -0.39 is 5.56 Å². The third-order valence-corrected chi connectivity index (χ3v) is 6.16. The van der Waals surface area contributed by atoms with Crippen molar-refractivity contribution in [3.05, 3.63) is 75.9 Å². The molecule has 0 saturated heterocycles. The van der Waals surface area contributed by atoms with Crippen molar-refractivity contribution in [3.63, 3.8) is 0 Å². The van der Waals surface area contributed by atoms with Crippen molar-refractivity contribution < 1.29 is 9.53 Å². The first-order chi connectivity index (χ1) is 16.1. The summed E-state index contributed by atoms with van der Waals surface area (Å²) < 4.78 is 5.16. The van der Waals surface area contributed by atoms with E-state index >= 15 is 0 Å². The molecule has 2 heterocycles. The van der Waals surface area contributed by atoms with Gasteiger partial charge in [-0.05, 0) is 24.3 Å². The number of anilines is 1. The Kier molecular flexibility index (Phi) is 6.83. The standard InChI is InChI=1S/C23H17N5O3S2/c1-31-16-9-7-14(8-10-16)18-12-32-22(25-18)26-19(29)13-33-23-27-20(15-5-3-2-4-6-15)17(11-24)21(30)28-23/h2-10,12H,13H2,1H3,(H,25,26,29)(H,27,28,30). The summed E-state index contributed by atoms with van der Waals surface area (Å²) >= 11 is 2.39. The van der Waals surface area contributed by atoms with Gasteiger partial charge in [0.25, 0.3) is 5.56 Å². The minimum Gasteiger partial charge on any atom is -0.497 e. The van der Waals surface area contributed by atoms with Crippen molar-refractivity contribution >= 4 is 34.1 Å². The Balaban J connectivity index is 1.43. The Morgan fingerprint density at radius 1 is 1.15 bits per heavy atom. The fraction of sp³-hybridized carbons (Fsp3) is 0.0870. The maximum Gasteiger partial charge on any atom is 0.270 e. The molecule has 0 atom stereocenters. The first kappa shape index (κ1) is 22.3. The highest BCUT2D eigenvalue weighted by Gasteiger charge is 2.15. The van der Waals surface area contributed by atoms with E-state index in [1.165, 1.54) is 11.3 Å². The van der Waals surface area contributed by atoms with Crippen molar-refractivity contribution in [2.24, 2.45) is 0 Å². The third-order valence-electron chi connectivity index (χ3n) is 4.53. The minimum atomic E-state index is -0.543. The van der Waals surface area contributed by atoms with Crippen molar-refractivity contribution in [2.45, 2.75) is 5.16 Å². The summed E-state index contributed by atoms with van der Waals surface area (Å²) in [5, 5.41) is 14.7. The molecule has 0 spiro atoms. The van der Waals surface area contributed by atoms with Crippen LogP contribution in [0.4, 0.5) is 5.13 Å². The molecule has 2 N–H and O–H groups in total. The van der Waals surface area contributed by atoms with Crippen molar-refractivity contribution in [3.8, 4) is 34.3 Å². The molecule has 2 aromatic heterocycles. The van der Waals surface area contributed by atoms with Crippen LogP contribution in [0.15, 0.2) is 69.9 Å². The highest BCUT2D eigenvalue weighted by Crippen LogP contribution is 2.27. The lowest BCUT2D eigenvalue weighted by Gasteiger charge is -2.06. The van der Waals surface area contributed by atoms with Crippen LogP contribution in [-0.4, -0.2) is 33.7 Å². The molecule has 8 nitrogen and oxygen atoms in total. The Morgan fingerprint density at radius 3 is 2.61 bits per heavy atom. The molecule has 164 valence electrons. The van der Waals surface area contributed by atoms with E-state index in [2.05, 4.69) is 20.3 Å². The molecule has 0 bridgehead atoms. The first-order valence-corrected chi connectivity index (χ1v) is 11.6. The molecule has 2 aromatic carbocycles. The molecule has 0 aliphatic heterocycles. The van der Waals surface area contributed by atoms with Gasteiger partial charge in [0.1, 0.15) is 17.4 Å². The third kappa shape index (κ3) is 5.28. The molecule has 0 aliphatic rings. The average Bonchev–Trinajstić information content (AvgIpc) is 3.31. The Morgan fingerprint density at radius 2 is 1.91 bits per heavy atom. The van der Waals surface area contributed by atoms with Crippen LogP contribution in [-0.2, 0) is 4.79 Å². The van der Waals surface area contributed by atoms with Gasteiger partial charge in [-0.25, -0.2) is 9.97 Å². The van der Waals surface area contributed by atoms with Crippen molar-refractivity contribution in [1.29, 1.82) is 5.26 Å². The van der Waals surface area contributed by atoms with Gasteiger partial charge in [-0.1, -0.05) is 42.1 Å². The second kappa shape index (κ2) is 10.1. The molecule has 0 saturated carbocycles. The predicted molar refractivity (Wildman–Crippen MR) is 128 cm³/mol. The van der Waals surface area contributed by atoms with Gasteiger partial charge in [-0.2, -0.15) is 5.26 Å². The number of carbonyl (C=O) groups is 1. The van der Waals surface area contributed by atoms with Crippen LogP contribution in [0.2, 0.25) is 0 Å². The Hall–Kier alpha value is -3.94. The number of hydrogen-bond donors (Lipinski definition) is 2. The number of H-pyrrole nitrogens is 1. The number of thioether (sulfide) groups is 1. The molecule has 0 aliphatic carbocycles. The fourth-order valence-corrected chi connectivity index (χ4v) is 4.34. The zero-order chi connectivity index (χ0) is 23.2. The number of thiazole rings is 1. The number of ether oxygens (including phenoxy) is 1. The highest BCUT2D eigenvalue weighted by atomic mass is 32.2. The summed E-state index contributed by atoms with van der Waals surface area (Å²) in [4.78, 5) is 36.2. The maximum atomic E-state index is 12.4. The number of rotatable bonds is 7. The molecule has 0 fully saturated rings. The number of methoxy groups -OCH3 is 1. The molecular weight excluding hydrogens is 458 g/mol. The highest BCUT2D eigenvalue weighted by molar-refractivity contribution is 7.99. The summed E-state index contributed by atoms with van der Waals surface area (Å²) in [6, 6.07) is 18.4. The second-order valence-electron chi connectivity index (χ2n) is 6.68. The number of aromatic amines is 1. The number of amides is 1. The summed E-state index contributed by atoms with van der Waals surface area (Å²) in [6.45, 7) is 0. The normalized spacial score (nSPS) is 10.4. The summed E-state index contributed by atoms with van der Waals surface area (Å²) in [5.41, 5.74) is 1.99. The van der Waals surface area contributed by atoms with Gasteiger partial charge in [0.05, 0.1) is 24.3 Å². The van der Waals surface area contributed by atoms with Crippen LogP contribution in [0.3, 0.4) is 0 Å². The number of carbonyl (C=O) groups excluding carboxylic acids is 1. The SMILES string of the molecule is COc1ccc(-c2csc(NC(=O)CSc3nc(-c4ccccc4)c(C#N)c(=O)[nH]3)n2)cc1. The topological polar surface area (TPSA) is 121 Å². The molecule has 4 aromatic rings. The van der Waals surface area contributed by atoms with Gasteiger partial charge in [-0.15, -0.1) is 11.3 Å². The fourth-order valence-electron chi connectivity index (χ4n) is 2.94. The zero-order valence-electron chi connectivity index (χ0n) is 17.4. The van der Waals surface area contributed by atoms with Gasteiger partial charge in [0.2, 0.25) is 5.91 Å². The number of aromatic nitrogens is 3. The summed E-state index contributed by atoms with van der Waals surface area (Å²) in [7, 11) is 1.61. The Labute approximate surface area is 197 Å². The van der Waals surface area contributed by atoms with Gasteiger partial charge in [0, 0.05) is 16.5 Å². The van der Waals surface area contributed by atoms with Crippen molar-refractivity contribution in [1.82, 2.24) is 15.0 Å². The average molecular weight is 476 g/mol. The van der Waals surface area contributed by atoms with E-state index in [-0.39, 0.29) is 28.1 Å². The number of nitriles is 1. The minimum absolute atomic E-state index is 0.0144. The lowest BCUT2D eigenvalue weighted by atomic mass is 10.1. The smallest absolute Gasteiger partial charge is 0.270 e. The molecular formula is C23H17N5O3S2. The molecule has 33 heavy (non-hydrogen) atoms. The maximum absolute atomic E-state index is 12.4. The summed E-state index contributed by atoms with van der Waals surface area (Å²) in [6.07, 6.45) is 0. The molecule has 1 amide bonds. The second-order valence-corrected chi connectivity index (χ2v) is 8.50. The number of hydrogen-bond acceptors (Lipinski definition) is 8. The van der Waals surface area contributed by atoms with Crippen LogP contribution < -0.4 is 15.6 Å². The molecule has 4 rings (SSSR count). The van der Waals surface area contributed by atoms with E-state index in [0.717, 1.165) is 28.8 Å². The number of nitrogens with zero attached hydrogens (tertiary/aromatic N) is 3. The van der Waals surface area contributed by atoms with Gasteiger partial charge in [-0.3, -0.25) is 9.59 Å². The lowest BCUT2D eigenvalue weighted by Crippen LogP contribution is -2.17. The van der Waals surface area contributed by atoms with Gasteiger partial charge >= 0.3 is 0 Å². The van der Waals surface area contributed by atoms with Crippen LogP contribution in [0, 0.1) is 11.3 Å². The largest absolute Gasteiger partial charge is 0.497 e. The van der Waals surface area contributed by atoms with Crippen LogP contribution in [0.5, 0.6) is 5.75 Å². The quantitative estimate of drug-likeness (QED) is 0.304. The van der Waals surface area contributed by atoms with Gasteiger partial charge < -0.3 is 15.0 Å². The van der Waals surface area contributed by atoms with E-state index in [1.807, 2.05) is 41.8 Å². The van der Waals surface area contributed by atoms with Crippen LogP contribution >= 0.6 is 23.1 Å². The van der Waals surface area contributed by atoms with Crippen LogP contribution in [0.1, 0.15) is 5.56 Å². The molecule has 0 unspecified atom stereocenters. The van der Waals surface area contributed by atoms with E-state index in [0.29, 0.717) is 10.7 Å². The number of nitrogens with one attached hydrogen (secondary N) is 2. The van der Waals surface area contributed by atoms with E-state index in [4.69, 9.17) is 4.74 Å². The van der Waals surface area contributed by atoms with Gasteiger partial charge in [0.15, 0.2) is 10.3 Å². The molecule has 10 heteroatoms. The Bertz CT molecular complexity index is 1380. The predicted octanol–water partition coefficient (Wildman–Crippen LogP) is 4.17. The first-order valence-electron chi connectivity index (χ1n) is 9.70. The number of benzene rings is 2. The zero-order valence-corrected chi connectivity index (χ0v) is 19.0. The van der Waals surface area contributed by atoms with Crippen molar-refractivity contribution in [2.75, 3.05) is 18.2 Å². The van der Waals surface area contributed by atoms with E-state index in [9.17, 15) is 14.9 Å². The van der Waals surface area contributed by atoms with Crippen LogP contribution in [0.25, 0.3) is 22.5 Å². The summed E-state index contributed by atoms with van der Waals surface area (Å²) in [5.74, 6) is 0.480.